The Bertz CT molecular complexity index is 605. The predicted molar refractivity (Wildman–Crippen MR) is 116 cm³/mol. The fraction of sp³-hybridized carbons (Fsp3) is 0.684. The Morgan fingerprint density at radius 2 is 1.23 bits per heavy atom. The molecule has 0 aliphatic heterocycles. The molecule has 0 spiro atoms. The largest absolute Gasteiger partial charge is 0.395 e. The smallest absolute Gasteiger partial charge is 0.334 e. The summed E-state index contributed by atoms with van der Waals surface area (Å²) in [5.41, 5.74) is -3.92. The van der Waals surface area contributed by atoms with E-state index < -0.39 is 58.4 Å². The normalized spacial score (nSPS) is 16.1. The standard InChI is InChI=1S/C19H32O4.H4O5P2/c1-16(2,3)15(22)18(12-20,13-21)19(23,17(4,5)6)14-10-8-7-9-11-14;1-6(2)5-7(3)4/h7-11,15,20-23H,12-13H2,1-6H3;1-4H. The summed E-state index contributed by atoms with van der Waals surface area (Å²) >= 11 is 0. The van der Waals surface area contributed by atoms with Gasteiger partial charge in [-0.25, -0.2) is 4.31 Å². The molecule has 0 aliphatic carbocycles. The fourth-order valence-corrected chi connectivity index (χ4v) is 4.21. The molecule has 0 saturated carbocycles. The third-order valence-electron chi connectivity index (χ3n) is 5.05. The first kappa shape index (κ1) is 29.7. The van der Waals surface area contributed by atoms with Crippen molar-refractivity contribution in [2.75, 3.05) is 13.2 Å². The van der Waals surface area contributed by atoms with Crippen LogP contribution in [0.5, 0.6) is 0 Å². The van der Waals surface area contributed by atoms with Gasteiger partial charge in [-0.15, -0.1) is 0 Å². The van der Waals surface area contributed by atoms with Crippen LogP contribution < -0.4 is 0 Å². The number of aliphatic hydroxyl groups is 4. The summed E-state index contributed by atoms with van der Waals surface area (Å²) in [4.78, 5) is 31.3. The molecule has 0 amide bonds. The minimum atomic E-state index is -2.61. The van der Waals surface area contributed by atoms with Crippen LogP contribution >= 0.6 is 17.2 Å². The number of hydrogen-bond donors (Lipinski definition) is 8. The first-order valence-electron chi connectivity index (χ1n) is 9.22. The lowest BCUT2D eigenvalue weighted by molar-refractivity contribution is -0.251. The van der Waals surface area contributed by atoms with Crippen LogP contribution in [-0.4, -0.2) is 59.3 Å². The minimum absolute atomic E-state index is 0.537. The molecule has 8 N–H and O–H groups in total. The summed E-state index contributed by atoms with van der Waals surface area (Å²) in [6, 6.07) is 8.97. The fourth-order valence-electron chi connectivity index (χ4n) is 3.69. The van der Waals surface area contributed by atoms with Crippen LogP contribution in [0.1, 0.15) is 47.1 Å². The highest BCUT2D eigenvalue weighted by Crippen LogP contribution is 2.55. The lowest BCUT2D eigenvalue weighted by Gasteiger charge is -2.57. The molecular weight excluding hydrogens is 434 g/mol. The highest BCUT2D eigenvalue weighted by molar-refractivity contribution is 7.53. The zero-order valence-electron chi connectivity index (χ0n) is 18.3. The van der Waals surface area contributed by atoms with E-state index in [1.54, 1.807) is 24.3 Å². The Balaban J connectivity index is 0.00000103. The molecule has 0 bridgehead atoms. The zero-order chi connectivity index (χ0) is 24.0. The van der Waals surface area contributed by atoms with E-state index in [0.717, 1.165) is 0 Å². The van der Waals surface area contributed by atoms with E-state index in [4.69, 9.17) is 19.6 Å². The third-order valence-corrected chi connectivity index (χ3v) is 6.22. The molecule has 0 radical (unpaired) electrons. The van der Waals surface area contributed by atoms with Crippen molar-refractivity contribution in [1.82, 2.24) is 0 Å². The second kappa shape index (κ2) is 11.5. The van der Waals surface area contributed by atoms with Crippen LogP contribution in [0, 0.1) is 16.2 Å². The number of rotatable bonds is 7. The van der Waals surface area contributed by atoms with Gasteiger partial charge in [0, 0.05) is 0 Å². The van der Waals surface area contributed by atoms with E-state index in [0.29, 0.717) is 5.56 Å². The molecule has 2 atom stereocenters. The predicted octanol–water partition coefficient (Wildman–Crippen LogP) is 1.72. The van der Waals surface area contributed by atoms with Crippen LogP contribution in [0.2, 0.25) is 0 Å². The minimum Gasteiger partial charge on any atom is -0.395 e. The van der Waals surface area contributed by atoms with Gasteiger partial charge >= 0.3 is 17.2 Å². The van der Waals surface area contributed by atoms with Crippen LogP contribution in [0.4, 0.5) is 0 Å². The van der Waals surface area contributed by atoms with Crippen LogP contribution in [0.15, 0.2) is 30.3 Å². The Morgan fingerprint density at radius 1 is 0.833 bits per heavy atom. The molecule has 30 heavy (non-hydrogen) atoms. The quantitative estimate of drug-likeness (QED) is 0.276. The molecule has 0 saturated heterocycles. The molecule has 1 aromatic rings. The summed E-state index contributed by atoms with van der Waals surface area (Å²) in [5.74, 6) is 0. The highest BCUT2D eigenvalue weighted by Gasteiger charge is 2.62. The Hall–Kier alpha value is -0.280. The number of hydrogen-bond acceptors (Lipinski definition) is 9. The van der Waals surface area contributed by atoms with Crippen molar-refractivity contribution in [3.8, 4) is 0 Å². The average Bonchev–Trinajstić information content (AvgIpc) is 2.61. The van der Waals surface area contributed by atoms with Gasteiger partial charge in [0.05, 0.1) is 24.7 Å². The lowest BCUT2D eigenvalue weighted by atomic mass is 9.53. The molecule has 0 fully saturated rings. The van der Waals surface area contributed by atoms with Crippen molar-refractivity contribution < 1.29 is 44.3 Å². The molecule has 176 valence electrons. The summed E-state index contributed by atoms with van der Waals surface area (Å²) < 4.78 is 3.60. The Morgan fingerprint density at radius 3 is 1.47 bits per heavy atom. The van der Waals surface area contributed by atoms with Crippen molar-refractivity contribution in [2.24, 2.45) is 16.2 Å². The monoisotopic (exact) mass is 470 g/mol. The average molecular weight is 470 g/mol. The number of aliphatic hydroxyl groups excluding tert-OH is 3. The Labute approximate surface area is 180 Å². The molecule has 1 rings (SSSR count). The van der Waals surface area contributed by atoms with Gasteiger partial charge in [-0.3, -0.25) is 0 Å². The molecular formula is C19H36O9P2. The van der Waals surface area contributed by atoms with E-state index >= 15 is 0 Å². The topological polar surface area (TPSA) is 171 Å². The van der Waals surface area contributed by atoms with Gasteiger partial charge in [0.2, 0.25) is 0 Å². The molecule has 0 heterocycles. The summed E-state index contributed by atoms with van der Waals surface area (Å²) in [6.07, 6.45) is -1.12. The molecule has 9 nitrogen and oxygen atoms in total. The van der Waals surface area contributed by atoms with Crippen LogP contribution in [0.25, 0.3) is 0 Å². The van der Waals surface area contributed by atoms with E-state index in [1.165, 1.54) is 0 Å². The first-order valence-corrected chi connectivity index (χ1v) is 11.6. The highest BCUT2D eigenvalue weighted by atomic mass is 31.2. The first-order chi connectivity index (χ1) is 13.5. The van der Waals surface area contributed by atoms with Crippen molar-refractivity contribution in [3.63, 3.8) is 0 Å². The SMILES string of the molecule is CC(C)(C)C(O)C(CO)(CO)C(O)(c1ccccc1)C(C)(C)C.OP(O)OP(O)O. The van der Waals surface area contributed by atoms with Gasteiger partial charge in [-0.05, 0) is 16.4 Å². The van der Waals surface area contributed by atoms with E-state index in [-0.39, 0.29) is 0 Å². The summed E-state index contributed by atoms with van der Waals surface area (Å²) in [5, 5.41) is 43.1. The summed E-state index contributed by atoms with van der Waals surface area (Å²) in [7, 11) is -5.22. The number of benzene rings is 1. The van der Waals surface area contributed by atoms with Gasteiger partial charge in [-0.2, -0.15) is 0 Å². The maximum atomic E-state index is 11.8. The van der Waals surface area contributed by atoms with Crippen molar-refractivity contribution in [1.29, 1.82) is 0 Å². The Kier molecular flexibility index (Phi) is 11.4. The van der Waals surface area contributed by atoms with Gasteiger partial charge in [-0.1, -0.05) is 71.9 Å². The van der Waals surface area contributed by atoms with Crippen molar-refractivity contribution in [3.05, 3.63) is 35.9 Å². The van der Waals surface area contributed by atoms with Crippen molar-refractivity contribution in [2.45, 2.75) is 53.2 Å². The second-order valence-electron chi connectivity index (χ2n) is 9.15. The summed E-state index contributed by atoms with van der Waals surface area (Å²) in [6.45, 7) is 9.93. The molecule has 0 aliphatic rings. The third kappa shape index (κ3) is 6.86. The van der Waals surface area contributed by atoms with Gasteiger partial charge in [0.15, 0.2) is 0 Å². The molecule has 11 heteroatoms. The second-order valence-corrected chi connectivity index (χ2v) is 10.8. The van der Waals surface area contributed by atoms with Crippen LogP contribution in [-0.2, 0) is 9.91 Å². The maximum Gasteiger partial charge on any atom is 0.334 e. The molecule has 2 unspecified atom stereocenters. The zero-order valence-corrected chi connectivity index (χ0v) is 20.0. The van der Waals surface area contributed by atoms with Crippen LogP contribution in [0.3, 0.4) is 0 Å². The maximum absolute atomic E-state index is 11.8. The molecule has 0 aromatic heterocycles. The van der Waals surface area contributed by atoms with Gasteiger partial charge in [0.25, 0.3) is 0 Å². The van der Waals surface area contributed by atoms with E-state index in [1.807, 2.05) is 47.6 Å². The van der Waals surface area contributed by atoms with Crippen molar-refractivity contribution >= 4 is 17.2 Å². The van der Waals surface area contributed by atoms with Gasteiger partial charge in [0.1, 0.15) is 5.60 Å². The van der Waals surface area contributed by atoms with E-state index in [2.05, 4.69) is 4.31 Å². The molecule has 1 aromatic carbocycles. The van der Waals surface area contributed by atoms with E-state index in [9.17, 15) is 20.4 Å². The van der Waals surface area contributed by atoms with Gasteiger partial charge < -0.3 is 40.0 Å². The lowest BCUT2D eigenvalue weighted by Crippen LogP contribution is -2.65.